The van der Waals surface area contributed by atoms with Gasteiger partial charge in [0.2, 0.25) is 0 Å². The van der Waals surface area contributed by atoms with Crippen molar-refractivity contribution < 1.29 is 4.42 Å². The van der Waals surface area contributed by atoms with E-state index in [1.54, 1.807) is 0 Å². The van der Waals surface area contributed by atoms with Crippen LogP contribution in [0.15, 0.2) is 102 Å². The Balaban J connectivity index is 1.81. The number of furan rings is 1. The lowest BCUT2D eigenvalue weighted by Gasteiger charge is -2.12. The second-order valence-electron chi connectivity index (χ2n) is 7.07. The summed E-state index contributed by atoms with van der Waals surface area (Å²) in [6, 6.07) is 30.6. The minimum atomic E-state index is 1.13. The lowest BCUT2D eigenvalue weighted by molar-refractivity contribution is 0.572. The van der Waals surface area contributed by atoms with E-state index < -0.39 is 0 Å². The van der Waals surface area contributed by atoms with E-state index in [4.69, 9.17) is 4.42 Å². The van der Waals surface area contributed by atoms with E-state index >= 15 is 0 Å². The van der Waals surface area contributed by atoms with Gasteiger partial charge < -0.3 is 4.42 Å². The molecule has 1 heteroatoms. The van der Waals surface area contributed by atoms with Gasteiger partial charge in [0.25, 0.3) is 0 Å². The molecule has 0 bridgehead atoms. The molecule has 6 rings (SSSR count). The van der Waals surface area contributed by atoms with Crippen LogP contribution in [0.25, 0.3) is 54.2 Å². The van der Waals surface area contributed by atoms with E-state index in [0.717, 1.165) is 10.8 Å². The topological polar surface area (TPSA) is 13.1 Å². The molecule has 0 spiro atoms. The zero-order chi connectivity index (χ0) is 17.8. The van der Waals surface area contributed by atoms with E-state index in [1.165, 1.54) is 43.4 Å². The van der Waals surface area contributed by atoms with Gasteiger partial charge in [-0.25, -0.2) is 0 Å². The van der Waals surface area contributed by atoms with Crippen molar-refractivity contribution in [3.05, 3.63) is 97.5 Å². The largest absolute Gasteiger partial charge is 0.471 e. The van der Waals surface area contributed by atoms with Crippen molar-refractivity contribution >= 4 is 43.1 Å². The smallest absolute Gasteiger partial charge is 0.0987 e. The van der Waals surface area contributed by atoms with Crippen molar-refractivity contribution in [3.63, 3.8) is 0 Å². The highest BCUT2D eigenvalue weighted by molar-refractivity contribution is 6.18. The van der Waals surface area contributed by atoms with Crippen LogP contribution in [-0.4, -0.2) is 0 Å². The number of hydrogen-bond acceptors (Lipinski definition) is 1. The second-order valence-corrected chi connectivity index (χ2v) is 7.07. The minimum Gasteiger partial charge on any atom is -0.471 e. The molecule has 126 valence electrons. The Morgan fingerprint density at radius 3 is 2.04 bits per heavy atom. The number of benzene rings is 5. The van der Waals surface area contributed by atoms with E-state index in [0.29, 0.717) is 0 Å². The van der Waals surface area contributed by atoms with Crippen molar-refractivity contribution in [2.75, 3.05) is 0 Å². The third-order valence-corrected chi connectivity index (χ3v) is 5.54. The predicted octanol–water partition coefficient (Wildman–Crippen LogP) is 7.56. The molecule has 0 aliphatic heterocycles. The molecule has 5 aromatic carbocycles. The fraction of sp³-hybridized carbons (Fsp3) is 0. The Labute approximate surface area is 156 Å². The third kappa shape index (κ3) is 2.12. The molecule has 1 aromatic heterocycles. The molecule has 1 heterocycles. The number of fused-ring (bicyclic) bond motifs is 5. The van der Waals surface area contributed by atoms with Gasteiger partial charge in [-0.05, 0) is 55.6 Å². The van der Waals surface area contributed by atoms with Gasteiger partial charge in [-0.2, -0.15) is 0 Å². The first-order chi connectivity index (χ1) is 13.4. The zero-order valence-corrected chi connectivity index (χ0v) is 14.6. The van der Waals surface area contributed by atoms with Gasteiger partial charge in [0.15, 0.2) is 0 Å². The van der Waals surface area contributed by atoms with Crippen molar-refractivity contribution in [2.45, 2.75) is 0 Å². The van der Waals surface area contributed by atoms with Crippen LogP contribution < -0.4 is 0 Å². The van der Waals surface area contributed by atoms with Gasteiger partial charge in [-0.1, -0.05) is 72.8 Å². The second kappa shape index (κ2) is 5.46. The molecule has 0 fully saturated rings. The molecule has 0 N–H and O–H groups in total. The summed E-state index contributed by atoms with van der Waals surface area (Å²) in [6.45, 7) is 0. The maximum absolute atomic E-state index is 5.48. The lowest BCUT2D eigenvalue weighted by Crippen LogP contribution is -1.85. The van der Waals surface area contributed by atoms with Crippen LogP contribution >= 0.6 is 0 Å². The molecule has 0 saturated carbocycles. The fourth-order valence-electron chi connectivity index (χ4n) is 4.25. The van der Waals surface area contributed by atoms with Crippen molar-refractivity contribution in [1.82, 2.24) is 0 Å². The van der Waals surface area contributed by atoms with Gasteiger partial charge in [0.1, 0.15) is 0 Å². The first-order valence-electron chi connectivity index (χ1n) is 9.18. The predicted molar refractivity (Wildman–Crippen MR) is 114 cm³/mol. The fourth-order valence-corrected chi connectivity index (χ4v) is 4.25. The molecule has 0 amide bonds. The summed E-state index contributed by atoms with van der Waals surface area (Å²) in [6.07, 6.45) is 3.67. The average molecular weight is 344 g/mol. The standard InChI is InChI=1S/C26H16O/c1-2-6-19-14-24-20(13-18(19)5-1)12-11-17-7-3-10-23(26(17)24)22-9-4-8-21-15-27-16-25(21)22/h1-16H. The van der Waals surface area contributed by atoms with Gasteiger partial charge in [-0.15, -0.1) is 0 Å². The maximum atomic E-state index is 5.48. The molecule has 0 atom stereocenters. The normalized spacial score (nSPS) is 11.7. The van der Waals surface area contributed by atoms with Gasteiger partial charge in [0, 0.05) is 10.8 Å². The monoisotopic (exact) mass is 344 g/mol. The minimum absolute atomic E-state index is 1.13. The Hall–Kier alpha value is -3.58. The van der Waals surface area contributed by atoms with Crippen LogP contribution in [0.5, 0.6) is 0 Å². The average Bonchev–Trinajstić information content (AvgIpc) is 3.21. The van der Waals surface area contributed by atoms with Crippen molar-refractivity contribution in [1.29, 1.82) is 0 Å². The van der Waals surface area contributed by atoms with Crippen LogP contribution in [0.3, 0.4) is 0 Å². The Morgan fingerprint density at radius 1 is 0.444 bits per heavy atom. The number of hydrogen-bond donors (Lipinski definition) is 0. The van der Waals surface area contributed by atoms with E-state index in [9.17, 15) is 0 Å². The van der Waals surface area contributed by atoms with Crippen molar-refractivity contribution in [3.8, 4) is 11.1 Å². The van der Waals surface area contributed by atoms with Crippen LogP contribution in [0.4, 0.5) is 0 Å². The van der Waals surface area contributed by atoms with E-state index in [-0.39, 0.29) is 0 Å². The van der Waals surface area contributed by atoms with Crippen LogP contribution in [-0.2, 0) is 0 Å². The Kier molecular flexibility index (Phi) is 2.95. The SMILES string of the molecule is c1ccc2cc3c(ccc4cccc(-c5cccc6cocc56)c43)cc2c1. The molecule has 0 unspecified atom stereocenters. The van der Waals surface area contributed by atoms with E-state index in [1.807, 2.05) is 12.5 Å². The molecule has 0 radical (unpaired) electrons. The van der Waals surface area contributed by atoms with Crippen LogP contribution in [0.2, 0.25) is 0 Å². The molecule has 27 heavy (non-hydrogen) atoms. The molecule has 1 nitrogen and oxygen atoms in total. The van der Waals surface area contributed by atoms with Gasteiger partial charge >= 0.3 is 0 Å². The summed E-state index contributed by atoms with van der Waals surface area (Å²) in [4.78, 5) is 0. The van der Waals surface area contributed by atoms with Crippen molar-refractivity contribution in [2.24, 2.45) is 0 Å². The first-order valence-corrected chi connectivity index (χ1v) is 9.18. The van der Waals surface area contributed by atoms with Gasteiger partial charge in [-0.3, -0.25) is 0 Å². The summed E-state index contributed by atoms with van der Waals surface area (Å²) < 4.78 is 5.48. The highest BCUT2D eigenvalue weighted by atomic mass is 16.3. The molecular formula is C26H16O. The van der Waals surface area contributed by atoms with Crippen LogP contribution in [0, 0.1) is 0 Å². The summed E-state index contributed by atoms with van der Waals surface area (Å²) in [5.41, 5.74) is 2.47. The number of rotatable bonds is 1. The summed E-state index contributed by atoms with van der Waals surface area (Å²) in [7, 11) is 0. The Bertz CT molecular complexity index is 1470. The first kappa shape index (κ1) is 14.6. The molecule has 0 aliphatic carbocycles. The van der Waals surface area contributed by atoms with Gasteiger partial charge in [0.05, 0.1) is 12.5 Å². The summed E-state index contributed by atoms with van der Waals surface area (Å²) in [5, 5.41) is 9.96. The maximum Gasteiger partial charge on any atom is 0.0987 e. The summed E-state index contributed by atoms with van der Waals surface area (Å²) >= 11 is 0. The summed E-state index contributed by atoms with van der Waals surface area (Å²) in [5.74, 6) is 0. The highest BCUT2D eigenvalue weighted by Crippen LogP contribution is 2.38. The highest BCUT2D eigenvalue weighted by Gasteiger charge is 2.12. The molecule has 0 saturated heterocycles. The van der Waals surface area contributed by atoms with Crippen LogP contribution in [0.1, 0.15) is 0 Å². The Morgan fingerprint density at radius 2 is 1.15 bits per heavy atom. The molecule has 0 aliphatic rings. The molecular weight excluding hydrogens is 328 g/mol. The lowest BCUT2D eigenvalue weighted by atomic mass is 9.91. The third-order valence-electron chi connectivity index (χ3n) is 5.54. The van der Waals surface area contributed by atoms with E-state index in [2.05, 4.69) is 84.9 Å². The molecule has 6 aromatic rings. The quantitative estimate of drug-likeness (QED) is 0.221. The zero-order valence-electron chi connectivity index (χ0n) is 14.6.